The molecule has 0 bridgehead atoms. The van der Waals surface area contributed by atoms with E-state index in [1.807, 2.05) is 13.2 Å². The van der Waals surface area contributed by atoms with E-state index in [2.05, 4.69) is 25.8 Å². The molecule has 0 unspecified atom stereocenters. The average molecular weight is 364 g/mol. The van der Waals surface area contributed by atoms with Crippen LogP contribution in [0.3, 0.4) is 0 Å². The van der Waals surface area contributed by atoms with Gasteiger partial charge in [-0.3, -0.25) is 4.68 Å². The van der Waals surface area contributed by atoms with Crippen LogP contribution in [0.5, 0.6) is 0 Å². The maximum Gasteiger partial charge on any atom is 0.241 e. The molecule has 0 aliphatic rings. The smallest absolute Gasteiger partial charge is 0.241 e. The highest BCUT2D eigenvalue weighted by Crippen LogP contribution is 2.29. The Balaban J connectivity index is 2.00. The fourth-order valence-corrected chi connectivity index (χ4v) is 5.15. The van der Waals surface area contributed by atoms with Gasteiger partial charge in [0, 0.05) is 24.7 Å². The molecular formula is C11H14BrN3O2S2. The second-order valence-electron chi connectivity index (χ2n) is 4.14. The standard InChI is InChI=1S/C11H14BrN3O2S2/c1-8-10(5-11(12)18-8)19(16,17)14-4-3-9-6-13-15(2)7-9/h5-7,14H,3-4H2,1-2H3. The number of sulfonamides is 1. The molecular weight excluding hydrogens is 350 g/mol. The number of nitrogens with zero attached hydrogens (tertiary/aromatic N) is 2. The van der Waals surface area contributed by atoms with Crippen LogP contribution in [0.25, 0.3) is 0 Å². The van der Waals surface area contributed by atoms with Crippen LogP contribution in [-0.2, 0) is 23.5 Å². The molecule has 0 aliphatic heterocycles. The highest BCUT2D eigenvalue weighted by Gasteiger charge is 2.18. The Morgan fingerprint density at radius 3 is 2.79 bits per heavy atom. The van der Waals surface area contributed by atoms with Crippen LogP contribution in [0.1, 0.15) is 10.4 Å². The third-order valence-electron chi connectivity index (χ3n) is 2.60. The molecule has 1 N–H and O–H groups in total. The second-order valence-corrected chi connectivity index (χ2v) is 8.51. The Kier molecular flexibility index (Phi) is 4.44. The highest BCUT2D eigenvalue weighted by atomic mass is 79.9. The van der Waals surface area contributed by atoms with Crippen molar-refractivity contribution in [1.29, 1.82) is 0 Å². The monoisotopic (exact) mass is 363 g/mol. The zero-order valence-electron chi connectivity index (χ0n) is 10.6. The summed E-state index contributed by atoms with van der Waals surface area (Å²) >= 11 is 4.71. The first-order valence-electron chi connectivity index (χ1n) is 5.61. The van der Waals surface area contributed by atoms with Crippen LogP contribution < -0.4 is 4.72 Å². The summed E-state index contributed by atoms with van der Waals surface area (Å²) in [6, 6.07) is 1.63. The summed E-state index contributed by atoms with van der Waals surface area (Å²) in [7, 11) is -1.60. The molecule has 8 heteroatoms. The number of aryl methyl sites for hydroxylation is 2. The zero-order valence-corrected chi connectivity index (χ0v) is 13.8. The predicted octanol–water partition coefficient (Wildman–Crippen LogP) is 2.07. The van der Waals surface area contributed by atoms with Gasteiger partial charge in [-0.15, -0.1) is 11.3 Å². The van der Waals surface area contributed by atoms with Gasteiger partial charge in [-0.05, 0) is 40.9 Å². The maximum atomic E-state index is 12.1. The molecule has 2 aromatic rings. The largest absolute Gasteiger partial charge is 0.276 e. The number of aromatic nitrogens is 2. The van der Waals surface area contributed by atoms with E-state index in [-0.39, 0.29) is 0 Å². The van der Waals surface area contributed by atoms with Gasteiger partial charge in [-0.2, -0.15) is 5.10 Å². The molecule has 0 spiro atoms. The molecule has 0 saturated heterocycles. The van der Waals surface area contributed by atoms with Crippen molar-refractivity contribution in [3.63, 3.8) is 0 Å². The minimum atomic E-state index is -3.43. The van der Waals surface area contributed by atoms with Crippen molar-refractivity contribution >= 4 is 37.3 Å². The Labute approximate surface area is 124 Å². The molecule has 2 aromatic heterocycles. The number of nitrogens with one attached hydrogen (secondary N) is 1. The first kappa shape index (κ1) is 14.7. The molecule has 0 atom stereocenters. The van der Waals surface area contributed by atoms with Crippen molar-refractivity contribution in [2.45, 2.75) is 18.2 Å². The molecule has 0 aliphatic carbocycles. The topological polar surface area (TPSA) is 64.0 Å². The molecule has 0 aromatic carbocycles. The van der Waals surface area contributed by atoms with E-state index in [1.54, 1.807) is 23.9 Å². The van der Waals surface area contributed by atoms with Crippen LogP contribution in [0.15, 0.2) is 27.1 Å². The maximum absolute atomic E-state index is 12.1. The minimum absolute atomic E-state index is 0.343. The molecule has 104 valence electrons. The van der Waals surface area contributed by atoms with E-state index < -0.39 is 10.0 Å². The van der Waals surface area contributed by atoms with E-state index in [0.29, 0.717) is 17.9 Å². The molecule has 0 amide bonds. The van der Waals surface area contributed by atoms with Crippen LogP contribution in [0.4, 0.5) is 0 Å². The minimum Gasteiger partial charge on any atom is -0.276 e. The van der Waals surface area contributed by atoms with Gasteiger partial charge in [-0.25, -0.2) is 13.1 Å². The van der Waals surface area contributed by atoms with Crippen molar-refractivity contribution in [2.24, 2.45) is 7.05 Å². The van der Waals surface area contributed by atoms with Gasteiger partial charge in [0.2, 0.25) is 10.0 Å². The number of rotatable bonds is 5. The van der Waals surface area contributed by atoms with Gasteiger partial charge in [-0.1, -0.05) is 0 Å². The van der Waals surface area contributed by atoms with Gasteiger partial charge in [0.1, 0.15) is 0 Å². The molecule has 2 heterocycles. The molecule has 2 rings (SSSR count). The Morgan fingerprint density at radius 1 is 1.53 bits per heavy atom. The average Bonchev–Trinajstić information content (AvgIpc) is 2.85. The Morgan fingerprint density at radius 2 is 2.26 bits per heavy atom. The first-order chi connectivity index (χ1) is 8.88. The Hall–Kier alpha value is -0.700. The van der Waals surface area contributed by atoms with Crippen molar-refractivity contribution in [2.75, 3.05) is 6.54 Å². The summed E-state index contributed by atoms with van der Waals surface area (Å²) in [5.74, 6) is 0. The molecule has 0 fully saturated rings. The van der Waals surface area contributed by atoms with Crippen molar-refractivity contribution < 1.29 is 8.42 Å². The second kappa shape index (κ2) is 5.74. The third kappa shape index (κ3) is 3.65. The van der Waals surface area contributed by atoms with E-state index in [1.165, 1.54) is 11.3 Å². The van der Waals surface area contributed by atoms with Gasteiger partial charge >= 0.3 is 0 Å². The van der Waals surface area contributed by atoms with Crippen LogP contribution >= 0.6 is 27.3 Å². The van der Waals surface area contributed by atoms with Crippen molar-refractivity contribution in [3.05, 3.63) is 32.7 Å². The number of hydrogen-bond acceptors (Lipinski definition) is 4. The summed E-state index contributed by atoms with van der Waals surface area (Å²) in [6.07, 6.45) is 4.24. The van der Waals surface area contributed by atoms with Gasteiger partial charge in [0.15, 0.2) is 0 Å². The van der Waals surface area contributed by atoms with E-state index in [9.17, 15) is 8.42 Å². The molecule has 0 radical (unpaired) electrons. The lowest BCUT2D eigenvalue weighted by Crippen LogP contribution is -2.26. The van der Waals surface area contributed by atoms with Gasteiger partial charge in [0.25, 0.3) is 0 Å². The molecule has 0 saturated carbocycles. The van der Waals surface area contributed by atoms with E-state index in [4.69, 9.17) is 0 Å². The van der Waals surface area contributed by atoms with Crippen LogP contribution in [0.2, 0.25) is 0 Å². The summed E-state index contributed by atoms with van der Waals surface area (Å²) in [5, 5.41) is 4.04. The normalized spacial score (nSPS) is 11.9. The fourth-order valence-electron chi connectivity index (χ4n) is 1.71. The number of hydrogen-bond donors (Lipinski definition) is 1. The molecule has 5 nitrogen and oxygen atoms in total. The SMILES string of the molecule is Cc1sc(Br)cc1S(=O)(=O)NCCc1cnn(C)c1. The fraction of sp³-hybridized carbons (Fsp3) is 0.364. The lowest BCUT2D eigenvalue weighted by Gasteiger charge is -2.05. The lowest BCUT2D eigenvalue weighted by molar-refractivity contribution is 0.581. The summed E-state index contributed by atoms with van der Waals surface area (Å²) < 4.78 is 29.4. The predicted molar refractivity (Wildman–Crippen MR) is 78.9 cm³/mol. The quantitative estimate of drug-likeness (QED) is 0.884. The van der Waals surface area contributed by atoms with Crippen LogP contribution in [0, 0.1) is 6.92 Å². The number of thiophene rings is 1. The van der Waals surface area contributed by atoms with Crippen LogP contribution in [-0.4, -0.2) is 24.7 Å². The number of halogens is 1. The molecule has 19 heavy (non-hydrogen) atoms. The Bertz CT molecular complexity index is 676. The van der Waals surface area contributed by atoms with Gasteiger partial charge < -0.3 is 0 Å². The summed E-state index contributed by atoms with van der Waals surface area (Å²) in [4.78, 5) is 1.12. The summed E-state index contributed by atoms with van der Waals surface area (Å²) in [5.41, 5.74) is 1.01. The lowest BCUT2D eigenvalue weighted by atomic mass is 10.3. The van der Waals surface area contributed by atoms with E-state index in [0.717, 1.165) is 14.2 Å². The van der Waals surface area contributed by atoms with E-state index >= 15 is 0 Å². The third-order valence-corrected chi connectivity index (χ3v) is 5.87. The first-order valence-corrected chi connectivity index (χ1v) is 8.71. The van der Waals surface area contributed by atoms with Crippen molar-refractivity contribution in [1.82, 2.24) is 14.5 Å². The zero-order chi connectivity index (χ0) is 14.0. The summed E-state index contributed by atoms with van der Waals surface area (Å²) in [6.45, 7) is 2.16. The van der Waals surface area contributed by atoms with Gasteiger partial charge in [0.05, 0.1) is 14.9 Å². The highest BCUT2D eigenvalue weighted by molar-refractivity contribution is 9.11. The van der Waals surface area contributed by atoms with Crippen molar-refractivity contribution in [3.8, 4) is 0 Å².